The van der Waals surface area contributed by atoms with E-state index in [1.54, 1.807) is 17.1 Å². The van der Waals surface area contributed by atoms with Crippen LogP contribution in [-0.2, 0) is 0 Å². The Morgan fingerprint density at radius 3 is 2.81 bits per heavy atom. The number of rotatable bonds is 5. The van der Waals surface area contributed by atoms with E-state index in [0.29, 0.717) is 11.7 Å². The van der Waals surface area contributed by atoms with Crippen LogP contribution in [0.25, 0.3) is 5.69 Å². The second-order valence-corrected chi connectivity index (χ2v) is 4.60. The maximum Gasteiger partial charge on any atom is 0.187 e. The summed E-state index contributed by atoms with van der Waals surface area (Å²) < 4.78 is 1.70. The quantitative estimate of drug-likeness (QED) is 0.380. The van der Waals surface area contributed by atoms with Crippen molar-refractivity contribution in [1.82, 2.24) is 25.5 Å². The average molecular weight is 300 g/mol. The molecule has 0 aliphatic heterocycles. The highest BCUT2D eigenvalue weighted by Gasteiger charge is 2.00. The third-order valence-corrected chi connectivity index (χ3v) is 2.94. The molecule has 2 aromatic rings. The van der Waals surface area contributed by atoms with Crippen molar-refractivity contribution >= 4 is 23.0 Å². The fourth-order valence-corrected chi connectivity index (χ4v) is 1.73. The van der Waals surface area contributed by atoms with Gasteiger partial charge in [-0.1, -0.05) is 18.2 Å². The van der Waals surface area contributed by atoms with Crippen LogP contribution in [0.1, 0.15) is 12.5 Å². The minimum atomic E-state index is 0.466. The molecule has 0 aliphatic rings. The van der Waals surface area contributed by atoms with Crippen molar-refractivity contribution in [2.24, 2.45) is 5.10 Å². The molecule has 0 aliphatic carbocycles. The summed E-state index contributed by atoms with van der Waals surface area (Å²) in [6, 6.07) is 7.85. The van der Waals surface area contributed by atoms with E-state index >= 15 is 0 Å². The molecule has 1 aromatic carbocycles. The van der Waals surface area contributed by atoms with Gasteiger partial charge in [0, 0.05) is 6.54 Å². The van der Waals surface area contributed by atoms with Crippen LogP contribution in [0.15, 0.2) is 54.7 Å². The van der Waals surface area contributed by atoms with Crippen molar-refractivity contribution in [1.29, 1.82) is 0 Å². The number of aromatic nitrogens is 3. The van der Waals surface area contributed by atoms with Gasteiger partial charge in [0.15, 0.2) is 5.11 Å². The van der Waals surface area contributed by atoms with Gasteiger partial charge in [-0.05, 0) is 36.8 Å². The number of nitrogens with zero attached hydrogens (tertiary/aromatic N) is 4. The molecule has 7 heteroatoms. The third-order valence-electron chi connectivity index (χ3n) is 2.70. The Morgan fingerprint density at radius 2 is 2.19 bits per heavy atom. The van der Waals surface area contributed by atoms with Crippen molar-refractivity contribution < 1.29 is 0 Å². The summed E-state index contributed by atoms with van der Waals surface area (Å²) in [7, 11) is 0. The van der Waals surface area contributed by atoms with Gasteiger partial charge in [-0.25, -0.2) is 9.67 Å². The minimum absolute atomic E-state index is 0.466. The average Bonchev–Trinajstić information content (AvgIpc) is 3.05. The molecule has 0 saturated heterocycles. The van der Waals surface area contributed by atoms with Crippen molar-refractivity contribution in [3.63, 3.8) is 0 Å². The summed E-state index contributed by atoms with van der Waals surface area (Å²) >= 11 is 5.07. The van der Waals surface area contributed by atoms with Gasteiger partial charge in [0.2, 0.25) is 0 Å². The van der Waals surface area contributed by atoms with Crippen LogP contribution in [-0.4, -0.2) is 32.1 Å². The van der Waals surface area contributed by atoms with E-state index in [1.165, 1.54) is 6.33 Å². The molecule has 0 radical (unpaired) electrons. The first-order valence-corrected chi connectivity index (χ1v) is 6.76. The summed E-state index contributed by atoms with van der Waals surface area (Å²) in [5.74, 6) is 0. The minimum Gasteiger partial charge on any atom is -0.358 e. The van der Waals surface area contributed by atoms with Crippen molar-refractivity contribution in [2.45, 2.75) is 6.92 Å². The largest absolute Gasteiger partial charge is 0.358 e. The summed E-state index contributed by atoms with van der Waals surface area (Å²) in [5, 5.41) is 11.7. The molecule has 0 amide bonds. The van der Waals surface area contributed by atoms with Crippen LogP contribution >= 0.6 is 12.2 Å². The predicted octanol–water partition coefficient (Wildman–Crippen LogP) is 1.64. The molecule has 0 bridgehead atoms. The van der Waals surface area contributed by atoms with Gasteiger partial charge in [-0.3, -0.25) is 5.43 Å². The molecule has 0 atom stereocenters. The maximum atomic E-state index is 5.07. The van der Waals surface area contributed by atoms with Crippen LogP contribution in [0.2, 0.25) is 0 Å². The molecule has 0 fully saturated rings. The molecule has 6 nitrogen and oxygen atoms in total. The second kappa shape index (κ2) is 7.30. The first-order chi connectivity index (χ1) is 10.2. The summed E-state index contributed by atoms with van der Waals surface area (Å²) in [6.45, 7) is 6.12. The van der Waals surface area contributed by atoms with Crippen LogP contribution in [0, 0.1) is 0 Å². The Balaban J connectivity index is 2.01. The lowest BCUT2D eigenvalue weighted by molar-refractivity contribution is 0.879. The van der Waals surface area contributed by atoms with E-state index in [9.17, 15) is 0 Å². The van der Waals surface area contributed by atoms with Crippen molar-refractivity contribution in [3.8, 4) is 5.69 Å². The third kappa shape index (κ3) is 4.22. The highest BCUT2D eigenvalue weighted by atomic mass is 32.1. The van der Waals surface area contributed by atoms with E-state index in [-0.39, 0.29) is 0 Å². The molecular formula is C14H16N6S. The van der Waals surface area contributed by atoms with Gasteiger partial charge in [0.05, 0.1) is 11.4 Å². The lowest BCUT2D eigenvalue weighted by atomic mass is 10.1. The number of nitrogens with one attached hydrogen (secondary N) is 2. The van der Waals surface area contributed by atoms with Gasteiger partial charge in [0.25, 0.3) is 0 Å². The molecular weight excluding hydrogens is 284 g/mol. The fraction of sp³-hybridized carbons (Fsp3) is 0.143. The summed E-state index contributed by atoms with van der Waals surface area (Å²) in [6.07, 6.45) is 4.89. The number of hydrazone groups is 1. The predicted molar refractivity (Wildman–Crippen MR) is 87.5 cm³/mol. The van der Waals surface area contributed by atoms with Gasteiger partial charge < -0.3 is 5.32 Å². The lowest BCUT2D eigenvalue weighted by Crippen LogP contribution is -2.32. The molecule has 21 heavy (non-hydrogen) atoms. The Hall–Kier alpha value is -2.54. The Bertz CT molecular complexity index is 630. The van der Waals surface area contributed by atoms with E-state index in [1.807, 2.05) is 31.2 Å². The fourth-order valence-electron chi connectivity index (χ4n) is 1.60. The highest BCUT2D eigenvalue weighted by molar-refractivity contribution is 7.80. The molecule has 2 N–H and O–H groups in total. The van der Waals surface area contributed by atoms with Crippen molar-refractivity contribution in [2.75, 3.05) is 6.54 Å². The zero-order valence-corrected chi connectivity index (χ0v) is 12.5. The first kappa shape index (κ1) is 14.9. The number of benzene rings is 1. The van der Waals surface area contributed by atoms with E-state index in [4.69, 9.17) is 12.2 Å². The molecule has 1 aromatic heterocycles. The normalized spacial score (nSPS) is 11.0. The van der Waals surface area contributed by atoms with E-state index in [2.05, 4.69) is 32.5 Å². The van der Waals surface area contributed by atoms with Gasteiger partial charge in [-0.15, -0.1) is 6.58 Å². The zero-order chi connectivity index (χ0) is 15.1. The number of hydrogen-bond acceptors (Lipinski definition) is 4. The first-order valence-electron chi connectivity index (χ1n) is 6.35. The van der Waals surface area contributed by atoms with Crippen LogP contribution in [0.4, 0.5) is 0 Å². The van der Waals surface area contributed by atoms with Crippen molar-refractivity contribution in [3.05, 3.63) is 55.1 Å². The zero-order valence-electron chi connectivity index (χ0n) is 11.7. The number of thiocarbonyl (C=S) groups is 1. The van der Waals surface area contributed by atoms with Gasteiger partial charge in [-0.2, -0.15) is 10.2 Å². The lowest BCUT2D eigenvalue weighted by Gasteiger charge is -2.06. The topological polar surface area (TPSA) is 67.1 Å². The smallest absolute Gasteiger partial charge is 0.187 e. The Labute approximate surface area is 128 Å². The van der Waals surface area contributed by atoms with Gasteiger partial charge >= 0.3 is 0 Å². The molecule has 1 heterocycles. The molecule has 2 rings (SSSR count). The molecule has 0 unspecified atom stereocenters. The number of hydrogen-bond donors (Lipinski definition) is 2. The SMILES string of the molecule is C=CCNC(=S)N/N=C(/C)c1ccc(-n2cncn2)cc1. The Morgan fingerprint density at radius 1 is 1.43 bits per heavy atom. The molecule has 0 spiro atoms. The standard InChI is InChI=1S/C14H16N6S/c1-3-8-16-14(21)19-18-11(2)12-4-6-13(7-5-12)20-10-15-9-17-20/h3-7,9-10H,1,8H2,2H3,(H2,16,19,21)/b18-11-. The maximum absolute atomic E-state index is 5.07. The van der Waals surface area contributed by atoms with Crippen LogP contribution in [0.5, 0.6) is 0 Å². The molecule has 108 valence electrons. The molecule has 0 saturated carbocycles. The highest BCUT2D eigenvalue weighted by Crippen LogP contribution is 2.08. The van der Waals surface area contributed by atoms with Crippen LogP contribution < -0.4 is 10.7 Å². The Kier molecular flexibility index (Phi) is 5.16. The van der Waals surface area contributed by atoms with Gasteiger partial charge in [0.1, 0.15) is 12.7 Å². The monoisotopic (exact) mass is 300 g/mol. The van der Waals surface area contributed by atoms with E-state index < -0.39 is 0 Å². The van der Waals surface area contributed by atoms with Crippen LogP contribution in [0.3, 0.4) is 0 Å². The summed E-state index contributed by atoms with van der Waals surface area (Å²) in [4.78, 5) is 3.92. The van der Waals surface area contributed by atoms with E-state index in [0.717, 1.165) is 17.0 Å². The second-order valence-electron chi connectivity index (χ2n) is 4.19. The summed E-state index contributed by atoms with van der Waals surface area (Å²) in [5.41, 5.74) is 5.57.